The van der Waals surface area contributed by atoms with Crippen LogP contribution in [0.15, 0.2) is 18.2 Å². The molecule has 1 heterocycles. The van der Waals surface area contributed by atoms with E-state index in [-0.39, 0.29) is 61.2 Å². The van der Waals surface area contributed by atoms with Gasteiger partial charge in [-0.2, -0.15) is 8.78 Å². The maximum Gasteiger partial charge on any atom is 0.387 e. The number of benzene rings is 1. The van der Waals surface area contributed by atoms with Crippen LogP contribution >= 0.6 is 0 Å². The predicted molar refractivity (Wildman–Crippen MR) is 103 cm³/mol. The normalized spacial score (nSPS) is 18.0. The van der Waals surface area contributed by atoms with Crippen LogP contribution < -0.4 is 26.0 Å². The molecule has 4 N–H and O–H groups in total. The van der Waals surface area contributed by atoms with Crippen molar-refractivity contribution in [3.8, 4) is 5.75 Å². The summed E-state index contributed by atoms with van der Waals surface area (Å²) in [6, 6.07) is 3.10. The van der Waals surface area contributed by atoms with Gasteiger partial charge in [-0.15, -0.1) is 0 Å². The van der Waals surface area contributed by atoms with Crippen molar-refractivity contribution in [2.45, 2.75) is 31.9 Å². The van der Waals surface area contributed by atoms with E-state index in [1.54, 1.807) is 0 Å². The lowest BCUT2D eigenvalue weighted by Gasteiger charge is -2.29. The minimum Gasteiger partial charge on any atom is -0.433 e. The number of halogens is 2. The standard InChI is InChI=1S/C19H24F2N4O5/c20-19(21)30-15-8-12(4-5-14(15)25-6-7-29-10-16(25)26)23-18(28)13(9-22)24-17(27)11-2-1-3-11/h4-5,8,11,13,19H,1-3,6-7,9-10,22H2,(H,23,28)(H,24,27)/t13-/m1/s1. The van der Waals surface area contributed by atoms with Crippen LogP contribution in [-0.4, -0.2) is 56.7 Å². The molecule has 2 aliphatic rings. The van der Waals surface area contributed by atoms with Gasteiger partial charge in [0.15, 0.2) is 5.75 Å². The van der Waals surface area contributed by atoms with Gasteiger partial charge in [0.25, 0.3) is 5.91 Å². The summed E-state index contributed by atoms with van der Waals surface area (Å²) in [6.45, 7) is -2.95. The predicted octanol–water partition coefficient (Wildman–Crippen LogP) is 0.833. The SMILES string of the molecule is NC[C@@H](NC(=O)C1CCC1)C(=O)Nc1ccc(N2CCOCC2=O)c(OC(F)F)c1. The van der Waals surface area contributed by atoms with E-state index in [2.05, 4.69) is 15.4 Å². The molecule has 1 saturated heterocycles. The maximum atomic E-state index is 12.9. The minimum atomic E-state index is -3.12. The molecule has 0 bridgehead atoms. The number of nitrogens with two attached hydrogens (primary N) is 1. The van der Waals surface area contributed by atoms with Crippen molar-refractivity contribution in [3.05, 3.63) is 18.2 Å². The number of ether oxygens (including phenoxy) is 2. The highest BCUT2D eigenvalue weighted by Crippen LogP contribution is 2.33. The second-order valence-electron chi connectivity index (χ2n) is 7.07. The van der Waals surface area contributed by atoms with Gasteiger partial charge >= 0.3 is 6.61 Å². The number of nitrogens with one attached hydrogen (secondary N) is 2. The van der Waals surface area contributed by atoms with Crippen molar-refractivity contribution < 1.29 is 32.6 Å². The molecular formula is C19H24F2N4O5. The lowest BCUT2D eigenvalue weighted by Crippen LogP contribution is -2.50. The van der Waals surface area contributed by atoms with E-state index in [0.29, 0.717) is 0 Å². The van der Waals surface area contributed by atoms with Crippen LogP contribution in [-0.2, 0) is 19.1 Å². The Morgan fingerprint density at radius 1 is 1.33 bits per heavy atom. The van der Waals surface area contributed by atoms with Crippen molar-refractivity contribution in [1.82, 2.24) is 5.32 Å². The summed E-state index contributed by atoms with van der Waals surface area (Å²) in [6.07, 6.45) is 2.53. The van der Waals surface area contributed by atoms with E-state index >= 15 is 0 Å². The molecule has 1 aliphatic carbocycles. The van der Waals surface area contributed by atoms with Crippen molar-refractivity contribution >= 4 is 29.1 Å². The zero-order valence-corrected chi connectivity index (χ0v) is 16.2. The molecule has 0 spiro atoms. The summed E-state index contributed by atoms with van der Waals surface area (Å²) in [5.74, 6) is -1.57. The number of hydrogen-bond donors (Lipinski definition) is 3. The third kappa shape index (κ3) is 5.22. The van der Waals surface area contributed by atoms with E-state index < -0.39 is 18.6 Å². The average Bonchev–Trinajstić information content (AvgIpc) is 2.65. The van der Waals surface area contributed by atoms with Gasteiger partial charge in [-0.05, 0) is 25.0 Å². The minimum absolute atomic E-state index is 0.108. The molecule has 11 heteroatoms. The zero-order valence-electron chi connectivity index (χ0n) is 16.2. The summed E-state index contributed by atoms with van der Waals surface area (Å²) >= 11 is 0. The molecular weight excluding hydrogens is 402 g/mol. The lowest BCUT2D eigenvalue weighted by molar-refractivity contribution is -0.131. The molecule has 1 atom stereocenters. The number of anilines is 2. The Morgan fingerprint density at radius 2 is 2.10 bits per heavy atom. The van der Waals surface area contributed by atoms with Gasteiger partial charge in [-0.25, -0.2) is 0 Å². The first kappa shape index (κ1) is 21.9. The molecule has 1 aliphatic heterocycles. The molecule has 3 amide bonds. The lowest BCUT2D eigenvalue weighted by atomic mass is 9.84. The molecule has 0 radical (unpaired) electrons. The molecule has 0 aromatic heterocycles. The Labute approximate surface area is 171 Å². The van der Waals surface area contributed by atoms with Crippen molar-refractivity contribution in [2.75, 3.05) is 36.5 Å². The Balaban J connectivity index is 1.73. The van der Waals surface area contributed by atoms with Crippen LogP contribution in [0.25, 0.3) is 0 Å². The summed E-state index contributed by atoms with van der Waals surface area (Å²) in [5.41, 5.74) is 5.92. The Hall–Kier alpha value is -2.79. The highest BCUT2D eigenvalue weighted by Gasteiger charge is 2.29. The fraction of sp³-hybridized carbons (Fsp3) is 0.526. The van der Waals surface area contributed by atoms with Crippen LogP contribution in [0.3, 0.4) is 0 Å². The third-order valence-electron chi connectivity index (χ3n) is 5.06. The van der Waals surface area contributed by atoms with Crippen LogP contribution in [0.4, 0.5) is 20.2 Å². The molecule has 1 saturated carbocycles. The molecule has 164 valence electrons. The molecule has 3 rings (SSSR count). The summed E-state index contributed by atoms with van der Waals surface area (Å²) < 4.78 is 35.4. The number of rotatable bonds is 8. The van der Waals surface area contributed by atoms with Crippen LogP contribution in [0.2, 0.25) is 0 Å². The first-order valence-corrected chi connectivity index (χ1v) is 9.67. The molecule has 1 aromatic rings. The quantitative estimate of drug-likeness (QED) is 0.566. The van der Waals surface area contributed by atoms with Crippen molar-refractivity contribution in [3.63, 3.8) is 0 Å². The monoisotopic (exact) mass is 426 g/mol. The van der Waals surface area contributed by atoms with Gasteiger partial charge in [0.2, 0.25) is 11.8 Å². The number of carbonyl (C=O) groups excluding carboxylic acids is 3. The highest BCUT2D eigenvalue weighted by molar-refractivity contribution is 5.99. The van der Waals surface area contributed by atoms with Crippen LogP contribution in [0, 0.1) is 5.92 Å². The van der Waals surface area contributed by atoms with Gasteiger partial charge in [-0.1, -0.05) is 6.42 Å². The van der Waals surface area contributed by atoms with E-state index in [0.717, 1.165) is 19.3 Å². The summed E-state index contributed by atoms with van der Waals surface area (Å²) in [5, 5.41) is 5.15. The van der Waals surface area contributed by atoms with E-state index in [4.69, 9.17) is 10.5 Å². The number of hydrogen-bond acceptors (Lipinski definition) is 6. The number of carbonyl (C=O) groups is 3. The van der Waals surface area contributed by atoms with Crippen molar-refractivity contribution in [2.24, 2.45) is 11.7 Å². The molecule has 9 nitrogen and oxygen atoms in total. The maximum absolute atomic E-state index is 12.9. The largest absolute Gasteiger partial charge is 0.433 e. The molecule has 2 fully saturated rings. The second-order valence-corrected chi connectivity index (χ2v) is 7.07. The molecule has 30 heavy (non-hydrogen) atoms. The van der Waals surface area contributed by atoms with E-state index in [1.807, 2.05) is 0 Å². The topological polar surface area (TPSA) is 123 Å². The number of morpholine rings is 1. The van der Waals surface area contributed by atoms with Gasteiger partial charge < -0.3 is 30.7 Å². The van der Waals surface area contributed by atoms with E-state index in [1.165, 1.54) is 23.1 Å². The smallest absolute Gasteiger partial charge is 0.387 e. The summed E-state index contributed by atoms with van der Waals surface area (Å²) in [7, 11) is 0. The van der Waals surface area contributed by atoms with Crippen LogP contribution in [0.5, 0.6) is 5.75 Å². The average molecular weight is 426 g/mol. The third-order valence-corrected chi connectivity index (χ3v) is 5.06. The number of alkyl halides is 2. The fourth-order valence-corrected chi connectivity index (χ4v) is 3.20. The first-order valence-electron chi connectivity index (χ1n) is 9.67. The van der Waals surface area contributed by atoms with Crippen molar-refractivity contribution in [1.29, 1.82) is 0 Å². The van der Waals surface area contributed by atoms with Gasteiger partial charge in [-0.3, -0.25) is 14.4 Å². The Morgan fingerprint density at radius 3 is 2.70 bits per heavy atom. The van der Waals surface area contributed by atoms with Gasteiger partial charge in [0, 0.05) is 30.8 Å². The summed E-state index contributed by atoms with van der Waals surface area (Å²) in [4.78, 5) is 37.9. The van der Waals surface area contributed by atoms with Gasteiger partial charge in [0.05, 0.1) is 12.3 Å². The Kier molecular flexibility index (Phi) is 7.16. The second kappa shape index (κ2) is 9.81. The number of amides is 3. The Bertz CT molecular complexity index is 803. The van der Waals surface area contributed by atoms with E-state index in [9.17, 15) is 23.2 Å². The first-order chi connectivity index (χ1) is 14.4. The van der Waals surface area contributed by atoms with Gasteiger partial charge in [0.1, 0.15) is 12.6 Å². The highest BCUT2D eigenvalue weighted by atomic mass is 19.3. The molecule has 0 unspecified atom stereocenters. The fourth-order valence-electron chi connectivity index (χ4n) is 3.20. The number of nitrogens with zero attached hydrogens (tertiary/aromatic N) is 1. The van der Waals surface area contributed by atoms with Crippen LogP contribution in [0.1, 0.15) is 19.3 Å². The molecule has 1 aromatic carbocycles. The zero-order chi connectivity index (χ0) is 21.7.